The van der Waals surface area contributed by atoms with E-state index in [2.05, 4.69) is 0 Å². The molecule has 130 valence electrons. The van der Waals surface area contributed by atoms with Crippen molar-refractivity contribution >= 4 is 27.4 Å². The molecule has 2 aromatic carbocycles. The molecular weight excluding hydrogens is 343 g/mol. The molecule has 3 rings (SSSR count). The van der Waals surface area contributed by atoms with Crippen LogP contribution in [0.3, 0.4) is 0 Å². The molecular formula is C19H17FO4S. The summed E-state index contributed by atoms with van der Waals surface area (Å²) in [5.41, 5.74) is 0.523. The van der Waals surface area contributed by atoms with Crippen molar-refractivity contribution in [2.75, 3.05) is 20.3 Å². The molecule has 0 amide bonds. The number of ether oxygens (including phenoxy) is 3. The van der Waals surface area contributed by atoms with E-state index in [9.17, 15) is 9.18 Å². The Balaban J connectivity index is 1.69. The molecule has 0 N–H and O–H groups in total. The topological polar surface area (TPSA) is 44.8 Å². The van der Waals surface area contributed by atoms with Crippen LogP contribution in [0.1, 0.15) is 15.2 Å². The maximum Gasteiger partial charge on any atom is 0.348 e. The first-order valence-electron chi connectivity index (χ1n) is 7.74. The van der Waals surface area contributed by atoms with Crippen molar-refractivity contribution in [1.82, 2.24) is 0 Å². The molecule has 0 aliphatic rings. The monoisotopic (exact) mass is 360 g/mol. The molecule has 0 radical (unpaired) electrons. The minimum absolute atomic E-state index is 0.108. The van der Waals surface area contributed by atoms with Gasteiger partial charge in [-0.15, -0.1) is 11.3 Å². The molecule has 25 heavy (non-hydrogen) atoms. The molecule has 0 saturated heterocycles. The lowest BCUT2D eigenvalue weighted by atomic mass is 10.1. The van der Waals surface area contributed by atoms with Gasteiger partial charge < -0.3 is 14.2 Å². The van der Waals surface area contributed by atoms with Crippen LogP contribution in [0.2, 0.25) is 0 Å². The van der Waals surface area contributed by atoms with Gasteiger partial charge in [-0.1, -0.05) is 24.3 Å². The molecule has 0 unspecified atom stereocenters. The summed E-state index contributed by atoms with van der Waals surface area (Å²) in [6.07, 6.45) is 0. The van der Waals surface area contributed by atoms with Gasteiger partial charge in [-0.05, 0) is 24.3 Å². The highest BCUT2D eigenvalue weighted by Crippen LogP contribution is 2.34. The molecule has 0 spiro atoms. The zero-order valence-electron chi connectivity index (χ0n) is 13.7. The average molecular weight is 360 g/mol. The van der Waals surface area contributed by atoms with E-state index in [-0.39, 0.29) is 25.6 Å². The van der Waals surface area contributed by atoms with Crippen molar-refractivity contribution < 1.29 is 23.4 Å². The van der Waals surface area contributed by atoms with Gasteiger partial charge in [0, 0.05) is 22.8 Å². The zero-order chi connectivity index (χ0) is 17.6. The van der Waals surface area contributed by atoms with Crippen LogP contribution in [0.15, 0.2) is 48.5 Å². The van der Waals surface area contributed by atoms with E-state index in [4.69, 9.17) is 14.2 Å². The molecule has 0 aliphatic heterocycles. The minimum Gasteiger partial charge on any atom is -0.490 e. The van der Waals surface area contributed by atoms with Crippen molar-refractivity contribution in [2.24, 2.45) is 0 Å². The third kappa shape index (κ3) is 3.97. The minimum atomic E-state index is -0.496. The maximum absolute atomic E-state index is 14.1. The highest BCUT2D eigenvalue weighted by atomic mass is 32.1. The lowest BCUT2D eigenvalue weighted by molar-refractivity contribution is 0.0452. The number of rotatable bonds is 7. The van der Waals surface area contributed by atoms with Gasteiger partial charge in [0.2, 0.25) is 0 Å². The highest BCUT2D eigenvalue weighted by Gasteiger charge is 2.21. The van der Waals surface area contributed by atoms with Crippen LogP contribution in [0.5, 0.6) is 5.75 Å². The third-order valence-electron chi connectivity index (χ3n) is 3.57. The molecule has 3 aromatic rings. The van der Waals surface area contributed by atoms with Crippen molar-refractivity contribution in [3.05, 3.63) is 64.8 Å². The Morgan fingerprint density at radius 3 is 2.64 bits per heavy atom. The van der Waals surface area contributed by atoms with Crippen molar-refractivity contribution in [2.45, 2.75) is 6.61 Å². The Hall–Kier alpha value is -2.44. The van der Waals surface area contributed by atoms with Crippen LogP contribution < -0.4 is 4.74 Å². The number of esters is 1. The van der Waals surface area contributed by atoms with E-state index < -0.39 is 5.97 Å². The molecule has 0 aliphatic carbocycles. The van der Waals surface area contributed by atoms with E-state index in [1.54, 1.807) is 12.1 Å². The number of carbonyl (C=O) groups is 1. The van der Waals surface area contributed by atoms with Gasteiger partial charge in [0.15, 0.2) is 0 Å². The Bertz CT molecular complexity index is 860. The van der Waals surface area contributed by atoms with Gasteiger partial charge in [-0.25, -0.2) is 9.18 Å². The second-order valence-corrected chi connectivity index (χ2v) is 6.31. The fourth-order valence-electron chi connectivity index (χ4n) is 2.49. The Morgan fingerprint density at radius 1 is 1.08 bits per heavy atom. The summed E-state index contributed by atoms with van der Waals surface area (Å²) in [7, 11) is 1.51. The first-order valence-corrected chi connectivity index (χ1v) is 8.56. The number of thiophene rings is 1. The quantitative estimate of drug-likeness (QED) is 0.462. The van der Waals surface area contributed by atoms with E-state index in [1.165, 1.54) is 24.5 Å². The lowest BCUT2D eigenvalue weighted by Gasteiger charge is -2.08. The van der Waals surface area contributed by atoms with Gasteiger partial charge in [0.1, 0.15) is 29.7 Å². The summed E-state index contributed by atoms with van der Waals surface area (Å²) in [4.78, 5) is 12.7. The van der Waals surface area contributed by atoms with Gasteiger partial charge in [-0.2, -0.15) is 0 Å². The van der Waals surface area contributed by atoms with E-state index in [0.29, 0.717) is 26.3 Å². The number of hydrogen-bond acceptors (Lipinski definition) is 5. The van der Waals surface area contributed by atoms with Crippen LogP contribution in [0.25, 0.3) is 10.1 Å². The summed E-state index contributed by atoms with van der Waals surface area (Å²) < 4.78 is 30.7. The number of methoxy groups -OCH3 is 1. The third-order valence-corrected chi connectivity index (χ3v) is 4.74. The summed E-state index contributed by atoms with van der Waals surface area (Å²) in [5, 5.41) is 0.418. The summed E-state index contributed by atoms with van der Waals surface area (Å²) in [6, 6.07) is 14.0. The first-order chi connectivity index (χ1) is 12.2. The smallest absolute Gasteiger partial charge is 0.348 e. The average Bonchev–Trinajstić information content (AvgIpc) is 3.00. The molecule has 0 fully saturated rings. The van der Waals surface area contributed by atoms with E-state index in [0.717, 1.165) is 0 Å². The van der Waals surface area contributed by atoms with E-state index in [1.807, 2.05) is 30.3 Å². The van der Waals surface area contributed by atoms with Crippen molar-refractivity contribution in [1.29, 1.82) is 0 Å². The zero-order valence-corrected chi connectivity index (χ0v) is 14.5. The van der Waals surface area contributed by atoms with Gasteiger partial charge in [-0.3, -0.25) is 0 Å². The second kappa shape index (κ2) is 8.09. The first kappa shape index (κ1) is 17.4. The van der Waals surface area contributed by atoms with Crippen LogP contribution in [-0.2, 0) is 16.1 Å². The SMILES string of the molecule is COCc1c(C(=O)OCCOc2ccccc2)sc2cccc(F)c12. The lowest BCUT2D eigenvalue weighted by Crippen LogP contribution is -2.12. The summed E-state index contributed by atoms with van der Waals surface area (Å²) in [6.45, 7) is 0.497. The number of fused-ring (bicyclic) bond motifs is 1. The molecule has 0 atom stereocenters. The Morgan fingerprint density at radius 2 is 1.88 bits per heavy atom. The number of para-hydroxylation sites is 1. The van der Waals surface area contributed by atoms with Crippen molar-refractivity contribution in [3.63, 3.8) is 0 Å². The molecule has 1 heterocycles. The molecule has 6 heteroatoms. The fourth-order valence-corrected chi connectivity index (χ4v) is 3.61. The summed E-state index contributed by atoms with van der Waals surface area (Å²) in [5.74, 6) is -0.154. The normalized spacial score (nSPS) is 10.8. The molecule has 4 nitrogen and oxygen atoms in total. The predicted molar refractivity (Wildman–Crippen MR) is 94.7 cm³/mol. The maximum atomic E-state index is 14.1. The standard InChI is InChI=1S/C19H17FO4S/c1-22-12-14-17-15(20)8-5-9-16(17)25-18(14)19(21)24-11-10-23-13-6-3-2-4-7-13/h2-9H,10-12H2,1H3. The van der Waals surface area contributed by atoms with Crippen LogP contribution >= 0.6 is 11.3 Å². The van der Waals surface area contributed by atoms with Crippen molar-refractivity contribution in [3.8, 4) is 5.75 Å². The number of halogens is 1. The predicted octanol–water partition coefficient (Wildman–Crippen LogP) is 4.42. The van der Waals surface area contributed by atoms with E-state index >= 15 is 0 Å². The Kier molecular flexibility index (Phi) is 5.63. The molecule has 0 bridgehead atoms. The number of carbonyl (C=O) groups excluding carboxylic acids is 1. The number of hydrogen-bond donors (Lipinski definition) is 0. The second-order valence-electron chi connectivity index (χ2n) is 5.25. The largest absolute Gasteiger partial charge is 0.490 e. The summed E-state index contributed by atoms with van der Waals surface area (Å²) >= 11 is 1.21. The van der Waals surface area contributed by atoms with Crippen LogP contribution in [-0.4, -0.2) is 26.3 Å². The fraction of sp³-hybridized carbons (Fsp3) is 0.211. The van der Waals surface area contributed by atoms with Crippen LogP contribution in [0.4, 0.5) is 4.39 Å². The highest BCUT2D eigenvalue weighted by molar-refractivity contribution is 7.21. The Labute approximate surface area is 148 Å². The van der Waals surface area contributed by atoms with Crippen LogP contribution in [0, 0.1) is 5.82 Å². The molecule has 0 saturated carbocycles. The molecule has 1 aromatic heterocycles. The van der Waals surface area contributed by atoms with Gasteiger partial charge in [0.05, 0.1) is 6.61 Å². The number of benzene rings is 2. The van der Waals surface area contributed by atoms with Gasteiger partial charge >= 0.3 is 5.97 Å². The van der Waals surface area contributed by atoms with Gasteiger partial charge in [0.25, 0.3) is 0 Å².